The molecule has 4 rings (SSSR count). The molecule has 1 aliphatic rings. The number of nitrogens with zero attached hydrogens (tertiary/aromatic N) is 2. The van der Waals surface area contributed by atoms with E-state index in [9.17, 15) is 13.5 Å². The van der Waals surface area contributed by atoms with E-state index in [-0.39, 0.29) is 23.3 Å². The summed E-state index contributed by atoms with van der Waals surface area (Å²) in [6.45, 7) is 2.62. The van der Waals surface area contributed by atoms with E-state index in [4.69, 9.17) is 0 Å². The first-order valence-electron chi connectivity index (χ1n) is 8.50. The monoisotopic (exact) mass is 388 g/mol. The van der Waals surface area contributed by atoms with Crippen molar-refractivity contribution in [3.8, 4) is 0 Å². The lowest BCUT2D eigenvalue weighted by atomic mass is 9.92. The highest BCUT2D eigenvalue weighted by Gasteiger charge is 2.40. The van der Waals surface area contributed by atoms with Gasteiger partial charge in [0, 0.05) is 43.1 Å². The summed E-state index contributed by atoms with van der Waals surface area (Å²) < 4.78 is 28.2. The molecule has 0 radical (unpaired) electrons. The number of sulfonamides is 1. The molecule has 5 nitrogen and oxygen atoms in total. The summed E-state index contributed by atoms with van der Waals surface area (Å²) in [7, 11) is -3.66. The zero-order chi connectivity index (χ0) is 18.3. The molecule has 0 bridgehead atoms. The summed E-state index contributed by atoms with van der Waals surface area (Å²) in [5.41, 5.74) is 2.76. The van der Waals surface area contributed by atoms with Crippen molar-refractivity contribution in [1.82, 2.24) is 9.29 Å². The van der Waals surface area contributed by atoms with Gasteiger partial charge >= 0.3 is 0 Å². The number of aliphatic hydroxyl groups excluding tert-OH is 1. The Kier molecular flexibility index (Phi) is 4.56. The maximum atomic E-state index is 13.4. The van der Waals surface area contributed by atoms with Gasteiger partial charge in [0.25, 0.3) is 0 Å². The fourth-order valence-electron chi connectivity index (χ4n) is 3.73. The summed E-state index contributed by atoms with van der Waals surface area (Å²) >= 11 is 1.59. The normalized spacial score (nSPS) is 21.5. The summed E-state index contributed by atoms with van der Waals surface area (Å²) in [6, 6.07) is 9.05. The van der Waals surface area contributed by atoms with Gasteiger partial charge in [0.1, 0.15) is 0 Å². The number of aryl methyl sites for hydroxylation is 1. The lowest BCUT2D eigenvalue weighted by molar-refractivity contribution is 0.223. The van der Waals surface area contributed by atoms with Crippen molar-refractivity contribution in [2.75, 3.05) is 19.7 Å². The molecular weight excluding hydrogens is 368 g/mol. The minimum Gasteiger partial charge on any atom is -0.396 e. The van der Waals surface area contributed by atoms with Gasteiger partial charge in [-0.1, -0.05) is 6.07 Å². The summed E-state index contributed by atoms with van der Waals surface area (Å²) in [5, 5.41) is 14.4. The Bertz CT molecular complexity index is 1030. The molecule has 0 amide bonds. The second kappa shape index (κ2) is 6.74. The number of rotatable bonds is 4. The van der Waals surface area contributed by atoms with Crippen LogP contribution in [0.25, 0.3) is 10.9 Å². The first-order chi connectivity index (χ1) is 12.5. The average Bonchev–Trinajstić information content (AvgIpc) is 3.31. The van der Waals surface area contributed by atoms with Crippen molar-refractivity contribution in [3.63, 3.8) is 0 Å². The first kappa shape index (κ1) is 17.6. The van der Waals surface area contributed by atoms with E-state index in [1.54, 1.807) is 41.8 Å². The maximum absolute atomic E-state index is 13.4. The van der Waals surface area contributed by atoms with Gasteiger partial charge in [0.05, 0.1) is 10.4 Å². The fourth-order valence-corrected chi connectivity index (χ4v) is 6.16. The molecule has 0 spiro atoms. The number of aromatic nitrogens is 1. The van der Waals surface area contributed by atoms with E-state index in [0.717, 1.165) is 11.1 Å². The van der Waals surface area contributed by atoms with Crippen LogP contribution in [0, 0.1) is 12.8 Å². The molecule has 1 saturated heterocycles. The van der Waals surface area contributed by atoms with Crippen molar-refractivity contribution in [2.24, 2.45) is 5.92 Å². The van der Waals surface area contributed by atoms with E-state index < -0.39 is 10.0 Å². The number of hydrogen-bond acceptors (Lipinski definition) is 5. The number of thiophene rings is 1. The van der Waals surface area contributed by atoms with E-state index in [1.807, 2.05) is 23.8 Å². The van der Waals surface area contributed by atoms with Crippen LogP contribution in [0.3, 0.4) is 0 Å². The number of benzene rings is 1. The molecule has 0 aliphatic carbocycles. The second-order valence-corrected chi connectivity index (χ2v) is 9.39. The third-order valence-corrected chi connectivity index (χ3v) is 7.75. The number of aliphatic hydroxyl groups is 1. The van der Waals surface area contributed by atoms with Gasteiger partial charge in [-0.2, -0.15) is 15.6 Å². The highest BCUT2D eigenvalue weighted by atomic mass is 32.2. The summed E-state index contributed by atoms with van der Waals surface area (Å²) in [6.07, 6.45) is 1.68. The Morgan fingerprint density at radius 2 is 2.12 bits per heavy atom. The van der Waals surface area contributed by atoms with Crippen LogP contribution in [0.2, 0.25) is 0 Å². The molecule has 2 atom stereocenters. The van der Waals surface area contributed by atoms with Crippen LogP contribution in [0.5, 0.6) is 0 Å². The molecule has 26 heavy (non-hydrogen) atoms. The van der Waals surface area contributed by atoms with Gasteiger partial charge in [0.15, 0.2) is 0 Å². The largest absolute Gasteiger partial charge is 0.396 e. The smallest absolute Gasteiger partial charge is 0.243 e. The van der Waals surface area contributed by atoms with Gasteiger partial charge in [-0.05, 0) is 53.1 Å². The van der Waals surface area contributed by atoms with Crippen molar-refractivity contribution in [2.45, 2.75) is 17.7 Å². The van der Waals surface area contributed by atoms with E-state index in [1.165, 1.54) is 4.31 Å². The summed E-state index contributed by atoms with van der Waals surface area (Å²) in [5.74, 6) is -0.0647. The molecule has 1 aromatic carbocycles. The van der Waals surface area contributed by atoms with Crippen LogP contribution in [0.4, 0.5) is 0 Å². The van der Waals surface area contributed by atoms with Crippen molar-refractivity contribution >= 4 is 32.3 Å². The third kappa shape index (κ3) is 2.85. The van der Waals surface area contributed by atoms with Crippen LogP contribution in [-0.2, 0) is 10.0 Å². The SMILES string of the molecule is Cc1ccc(S(=O)(=O)N2C[C@H](CO)[C@@H](c3ccsc3)C2)c2cccnc12. The Balaban J connectivity index is 1.75. The second-order valence-electron chi connectivity index (χ2n) is 6.71. The molecule has 1 aliphatic heterocycles. The first-order valence-corrected chi connectivity index (χ1v) is 10.9. The van der Waals surface area contributed by atoms with Crippen molar-refractivity contribution in [1.29, 1.82) is 0 Å². The predicted molar refractivity (Wildman–Crippen MR) is 103 cm³/mol. The molecule has 3 heterocycles. The highest BCUT2D eigenvalue weighted by Crippen LogP contribution is 2.37. The predicted octanol–water partition coefficient (Wildman–Crippen LogP) is 3.00. The van der Waals surface area contributed by atoms with Gasteiger partial charge < -0.3 is 5.11 Å². The van der Waals surface area contributed by atoms with Crippen LogP contribution < -0.4 is 0 Å². The molecule has 1 N–H and O–H groups in total. The van der Waals surface area contributed by atoms with Crippen LogP contribution in [0.1, 0.15) is 17.0 Å². The third-order valence-electron chi connectivity index (χ3n) is 5.16. The standard InChI is InChI=1S/C19H20N2O3S2/c1-13-4-5-18(16-3-2-7-20-19(13)16)26(23,24)21-9-15(11-22)17(10-21)14-6-8-25-12-14/h2-8,12,15,17,22H,9-11H2,1H3/t15-,17-/m1/s1. The molecule has 2 aromatic heterocycles. The molecule has 1 fully saturated rings. The fraction of sp³-hybridized carbons (Fsp3) is 0.316. The quantitative estimate of drug-likeness (QED) is 0.746. The molecular formula is C19H20N2O3S2. The van der Waals surface area contributed by atoms with E-state index in [2.05, 4.69) is 4.98 Å². The Morgan fingerprint density at radius 1 is 1.27 bits per heavy atom. The minimum atomic E-state index is -3.66. The van der Waals surface area contributed by atoms with E-state index >= 15 is 0 Å². The van der Waals surface area contributed by atoms with Crippen molar-refractivity contribution < 1.29 is 13.5 Å². The maximum Gasteiger partial charge on any atom is 0.243 e. The summed E-state index contributed by atoms with van der Waals surface area (Å²) in [4.78, 5) is 4.63. The van der Waals surface area contributed by atoms with Crippen LogP contribution in [0.15, 0.2) is 52.2 Å². The van der Waals surface area contributed by atoms with Crippen LogP contribution >= 0.6 is 11.3 Å². The number of hydrogen-bond donors (Lipinski definition) is 1. The lowest BCUT2D eigenvalue weighted by Crippen LogP contribution is -2.29. The molecule has 0 saturated carbocycles. The lowest BCUT2D eigenvalue weighted by Gasteiger charge is -2.18. The zero-order valence-electron chi connectivity index (χ0n) is 14.4. The molecule has 3 aromatic rings. The average molecular weight is 389 g/mol. The minimum absolute atomic E-state index is 0.0239. The zero-order valence-corrected chi connectivity index (χ0v) is 16.0. The molecule has 7 heteroatoms. The Hall–Kier alpha value is -1.80. The van der Waals surface area contributed by atoms with Gasteiger partial charge in [-0.15, -0.1) is 0 Å². The Labute approximate surface area is 157 Å². The van der Waals surface area contributed by atoms with Gasteiger partial charge in [-0.25, -0.2) is 8.42 Å². The highest BCUT2D eigenvalue weighted by molar-refractivity contribution is 7.89. The topological polar surface area (TPSA) is 70.5 Å². The number of fused-ring (bicyclic) bond motifs is 1. The van der Waals surface area contributed by atoms with Gasteiger partial charge in [-0.3, -0.25) is 4.98 Å². The van der Waals surface area contributed by atoms with Crippen LogP contribution in [-0.4, -0.2) is 42.5 Å². The van der Waals surface area contributed by atoms with E-state index in [0.29, 0.717) is 24.0 Å². The van der Waals surface area contributed by atoms with Gasteiger partial charge in [0.2, 0.25) is 10.0 Å². The molecule has 136 valence electrons. The van der Waals surface area contributed by atoms with Crippen molar-refractivity contribution in [3.05, 3.63) is 58.4 Å². The molecule has 0 unspecified atom stereocenters. The number of pyridine rings is 1. The Morgan fingerprint density at radius 3 is 2.85 bits per heavy atom.